The van der Waals surface area contributed by atoms with Crippen LogP contribution in [0.2, 0.25) is 0 Å². The molecule has 0 aliphatic carbocycles. The van der Waals surface area contributed by atoms with Gasteiger partial charge < -0.3 is 10.2 Å². The van der Waals surface area contributed by atoms with E-state index in [-0.39, 0.29) is 18.2 Å². The minimum atomic E-state index is -0.593. The molecule has 1 unspecified atom stereocenters. The Balaban J connectivity index is 1.99. The van der Waals surface area contributed by atoms with Gasteiger partial charge in [-0.25, -0.2) is 0 Å². The molecule has 0 spiro atoms. The summed E-state index contributed by atoms with van der Waals surface area (Å²) in [5, 5.41) is 2.95. The van der Waals surface area contributed by atoms with Gasteiger partial charge in [-0.3, -0.25) is 9.59 Å². The molecular formula is C29H34N2O2. The van der Waals surface area contributed by atoms with Gasteiger partial charge in [0.2, 0.25) is 11.8 Å². The van der Waals surface area contributed by atoms with Crippen molar-refractivity contribution in [1.82, 2.24) is 10.2 Å². The number of hydrogen-bond donors (Lipinski definition) is 1. The molecule has 2 amide bonds. The van der Waals surface area contributed by atoms with E-state index in [4.69, 9.17) is 0 Å². The van der Waals surface area contributed by atoms with Crippen LogP contribution in [0.3, 0.4) is 0 Å². The number of benzene rings is 3. The number of nitrogens with zero attached hydrogens (tertiary/aromatic N) is 1. The number of carbonyl (C=O) groups excluding carboxylic acids is 2. The highest BCUT2D eigenvalue weighted by Crippen LogP contribution is 2.20. The minimum Gasteiger partial charge on any atom is -0.355 e. The number of likely N-dealkylation sites (N-methyl/N-ethyl adjacent to an activating group) is 1. The Labute approximate surface area is 197 Å². The first-order chi connectivity index (χ1) is 15.9. The smallest absolute Gasteiger partial charge is 0.243 e. The summed E-state index contributed by atoms with van der Waals surface area (Å²) in [5.41, 5.74) is 6.40. The molecule has 0 aromatic heterocycles. The van der Waals surface area contributed by atoms with Gasteiger partial charge in [-0.15, -0.1) is 0 Å². The SMILES string of the molecule is CCNC(=O)C(Cc1ccccc1)N(Cc1ccccc1C)C(=O)Cc1cc(C)ccc1C. The monoisotopic (exact) mass is 442 g/mol. The van der Waals surface area contributed by atoms with E-state index in [0.717, 1.165) is 33.4 Å². The van der Waals surface area contributed by atoms with Crippen LogP contribution in [-0.4, -0.2) is 29.3 Å². The normalized spacial score (nSPS) is 11.6. The Morgan fingerprint density at radius 3 is 2.21 bits per heavy atom. The van der Waals surface area contributed by atoms with Gasteiger partial charge in [0, 0.05) is 19.5 Å². The molecule has 0 saturated carbocycles. The summed E-state index contributed by atoms with van der Waals surface area (Å²) in [6.07, 6.45) is 0.737. The van der Waals surface area contributed by atoms with Gasteiger partial charge in [-0.1, -0.05) is 78.4 Å². The lowest BCUT2D eigenvalue weighted by molar-refractivity contribution is -0.140. The van der Waals surface area contributed by atoms with Crippen molar-refractivity contribution in [1.29, 1.82) is 0 Å². The van der Waals surface area contributed by atoms with Crippen molar-refractivity contribution >= 4 is 11.8 Å². The minimum absolute atomic E-state index is 0.0425. The number of rotatable bonds is 9. The van der Waals surface area contributed by atoms with E-state index in [0.29, 0.717) is 19.5 Å². The van der Waals surface area contributed by atoms with E-state index < -0.39 is 6.04 Å². The zero-order chi connectivity index (χ0) is 23.8. The van der Waals surface area contributed by atoms with Crippen molar-refractivity contribution in [2.24, 2.45) is 0 Å². The zero-order valence-electron chi connectivity index (χ0n) is 20.1. The van der Waals surface area contributed by atoms with Crippen LogP contribution in [0.15, 0.2) is 72.8 Å². The Kier molecular flexibility index (Phi) is 8.42. The molecule has 3 aromatic carbocycles. The third-order valence-electron chi connectivity index (χ3n) is 6.07. The molecule has 1 atom stereocenters. The Morgan fingerprint density at radius 2 is 1.52 bits per heavy atom. The largest absolute Gasteiger partial charge is 0.355 e. The van der Waals surface area contributed by atoms with Crippen LogP contribution in [-0.2, 0) is 29.0 Å². The van der Waals surface area contributed by atoms with E-state index in [1.165, 1.54) is 0 Å². The van der Waals surface area contributed by atoms with E-state index >= 15 is 0 Å². The van der Waals surface area contributed by atoms with Crippen molar-refractivity contribution in [3.8, 4) is 0 Å². The molecule has 0 aliphatic rings. The summed E-state index contributed by atoms with van der Waals surface area (Å²) >= 11 is 0. The number of hydrogen-bond acceptors (Lipinski definition) is 2. The second kappa shape index (κ2) is 11.5. The highest BCUT2D eigenvalue weighted by molar-refractivity contribution is 5.89. The summed E-state index contributed by atoms with van der Waals surface area (Å²) < 4.78 is 0. The number of aryl methyl sites for hydroxylation is 3. The van der Waals surface area contributed by atoms with Crippen molar-refractivity contribution in [2.75, 3.05) is 6.54 Å². The van der Waals surface area contributed by atoms with E-state index in [1.54, 1.807) is 4.90 Å². The predicted molar refractivity (Wildman–Crippen MR) is 134 cm³/mol. The molecule has 3 aromatic rings. The van der Waals surface area contributed by atoms with Crippen LogP contribution in [0.4, 0.5) is 0 Å². The van der Waals surface area contributed by atoms with Crippen molar-refractivity contribution in [3.63, 3.8) is 0 Å². The molecule has 1 N–H and O–H groups in total. The zero-order valence-corrected chi connectivity index (χ0v) is 20.1. The molecule has 172 valence electrons. The molecule has 0 fully saturated rings. The van der Waals surface area contributed by atoms with E-state index in [9.17, 15) is 9.59 Å². The maximum atomic E-state index is 13.8. The fraction of sp³-hybridized carbons (Fsp3) is 0.310. The summed E-state index contributed by atoms with van der Waals surface area (Å²) in [6.45, 7) is 8.92. The van der Waals surface area contributed by atoms with Gasteiger partial charge >= 0.3 is 0 Å². The second-order valence-electron chi connectivity index (χ2n) is 8.65. The lowest BCUT2D eigenvalue weighted by Gasteiger charge is -2.32. The van der Waals surface area contributed by atoms with Crippen LogP contribution >= 0.6 is 0 Å². The van der Waals surface area contributed by atoms with Gasteiger partial charge in [-0.2, -0.15) is 0 Å². The van der Waals surface area contributed by atoms with Crippen LogP contribution in [0, 0.1) is 20.8 Å². The van der Waals surface area contributed by atoms with Crippen molar-refractivity contribution < 1.29 is 9.59 Å². The third-order valence-corrected chi connectivity index (χ3v) is 6.07. The lowest BCUT2D eigenvalue weighted by atomic mass is 9.98. The summed E-state index contributed by atoms with van der Waals surface area (Å²) in [6, 6.07) is 23.5. The first-order valence-corrected chi connectivity index (χ1v) is 11.6. The molecule has 0 heterocycles. The molecule has 0 saturated heterocycles. The highest BCUT2D eigenvalue weighted by Gasteiger charge is 2.30. The Bertz CT molecular complexity index is 1090. The molecule has 0 radical (unpaired) electrons. The number of carbonyl (C=O) groups is 2. The average Bonchev–Trinajstić information content (AvgIpc) is 2.80. The number of nitrogens with one attached hydrogen (secondary N) is 1. The Morgan fingerprint density at radius 1 is 0.848 bits per heavy atom. The van der Waals surface area contributed by atoms with Crippen molar-refractivity contribution in [2.45, 2.75) is 53.1 Å². The molecule has 4 nitrogen and oxygen atoms in total. The Hall–Kier alpha value is -3.40. The van der Waals surface area contributed by atoms with Crippen LogP contribution in [0.5, 0.6) is 0 Å². The molecular weight excluding hydrogens is 408 g/mol. The molecule has 3 rings (SSSR count). The van der Waals surface area contributed by atoms with E-state index in [1.807, 2.05) is 82.3 Å². The quantitative estimate of drug-likeness (QED) is 0.511. The van der Waals surface area contributed by atoms with Gasteiger partial charge in [0.05, 0.1) is 6.42 Å². The first kappa shape index (κ1) is 24.2. The van der Waals surface area contributed by atoms with Crippen LogP contribution < -0.4 is 5.32 Å². The lowest BCUT2D eigenvalue weighted by Crippen LogP contribution is -2.51. The maximum Gasteiger partial charge on any atom is 0.243 e. The second-order valence-corrected chi connectivity index (χ2v) is 8.65. The molecule has 0 aliphatic heterocycles. The third kappa shape index (κ3) is 6.55. The fourth-order valence-corrected chi connectivity index (χ4v) is 4.07. The number of amides is 2. The summed E-state index contributed by atoms with van der Waals surface area (Å²) in [7, 11) is 0. The van der Waals surface area contributed by atoms with Gasteiger partial charge in [0.25, 0.3) is 0 Å². The maximum absolute atomic E-state index is 13.8. The molecule has 4 heteroatoms. The van der Waals surface area contributed by atoms with E-state index in [2.05, 4.69) is 23.5 Å². The van der Waals surface area contributed by atoms with Gasteiger partial charge in [-0.05, 0) is 55.5 Å². The summed E-state index contributed by atoms with van der Waals surface area (Å²) in [4.78, 5) is 28.8. The van der Waals surface area contributed by atoms with Crippen molar-refractivity contribution in [3.05, 3.63) is 106 Å². The van der Waals surface area contributed by atoms with Gasteiger partial charge in [0.1, 0.15) is 6.04 Å². The van der Waals surface area contributed by atoms with Crippen LogP contribution in [0.1, 0.15) is 40.3 Å². The average molecular weight is 443 g/mol. The summed E-state index contributed by atoms with van der Waals surface area (Å²) in [5.74, 6) is -0.164. The standard InChI is InChI=1S/C29H34N2O2/c1-5-30-29(33)27(18-24-12-7-6-8-13-24)31(20-25-14-10-9-11-22(25)3)28(32)19-26-17-21(2)15-16-23(26)4/h6-17,27H,5,18-20H2,1-4H3,(H,30,33). The highest BCUT2D eigenvalue weighted by atomic mass is 16.2. The predicted octanol–water partition coefficient (Wildman–Crippen LogP) is 4.93. The first-order valence-electron chi connectivity index (χ1n) is 11.6. The van der Waals surface area contributed by atoms with Gasteiger partial charge in [0.15, 0.2) is 0 Å². The fourth-order valence-electron chi connectivity index (χ4n) is 4.07. The molecule has 33 heavy (non-hydrogen) atoms. The van der Waals surface area contributed by atoms with Crippen LogP contribution in [0.25, 0.3) is 0 Å². The topological polar surface area (TPSA) is 49.4 Å². The molecule has 0 bridgehead atoms.